The highest BCUT2D eigenvalue weighted by Gasteiger charge is 2.43. The van der Waals surface area contributed by atoms with Crippen LogP contribution in [-0.2, 0) is 9.53 Å². The molecule has 1 atom stereocenters. The van der Waals surface area contributed by atoms with Crippen LogP contribution >= 0.6 is 24.0 Å². The van der Waals surface area contributed by atoms with E-state index in [0.29, 0.717) is 4.99 Å². The van der Waals surface area contributed by atoms with E-state index in [0.717, 1.165) is 18.4 Å². The summed E-state index contributed by atoms with van der Waals surface area (Å²) in [5.41, 5.74) is 6.71. The third kappa shape index (κ3) is 3.06. The van der Waals surface area contributed by atoms with Gasteiger partial charge in [-0.3, -0.25) is 4.79 Å². The average Bonchev–Trinajstić information content (AvgIpc) is 2.68. The Morgan fingerprint density at radius 2 is 2.11 bits per heavy atom. The lowest BCUT2D eigenvalue weighted by Gasteiger charge is -2.29. The molecule has 1 rings (SSSR count). The van der Waals surface area contributed by atoms with Crippen molar-refractivity contribution in [1.29, 1.82) is 0 Å². The molecule has 0 bridgehead atoms. The third-order valence-electron chi connectivity index (χ3n) is 3.15. The summed E-state index contributed by atoms with van der Waals surface area (Å²) in [4.78, 5) is 12.4. The second-order valence-corrected chi connectivity index (χ2v) is 6.63. The van der Waals surface area contributed by atoms with Crippen molar-refractivity contribution in [1.82, 2.24) is 0 Å². The molecule has 0 radical (unpaired) electrons. The SMILES string of the molecule is CCC1(CC)SC(C(=O)OC(C)C)C=C1C(N)=S. The van der Waals surface area contributed by atoms with Crippen LogP contribution in [0.3, 0.4) is 0 Å². The van der Waals surface area contributed by atoms with Gasteiger partial charge in [-0.05, 0) is 26.7 Å². The van der Waals surface area contributed by atoms with E-state index in [-0.39, 0.29) is 22.1 Å². The predicted molar refractivity (Wildman–Crippen MR) is 80.8 cm³/mol. The summed E-state index contributed by atoms with van der Waals surface area (Å²) < 4.78 is 5.12. The molecule has 1 aliphatic rings. The minimum Gasteiger partial charge on any atom is -0.462 e. The Hall–Kier alpha value is -0.550. The first-order valence-corrected chi connectivity index (χ1v) is 7.55. The Labute approximate surface area is 119 Å². The van der Waals surface area contributed by atoms with Crippen molar-refractivity contribution >= 4 is 34.9 Å². The lowest BCUT2D eigenvalue weighted by atomic mass is 9.92. The molecule has 0 amide bonds. The molecule has 1 unspecified atom stereocenters. The highest BCUT2D eigenvalue weighted by atomic mass is 32.2. The van der Waals surface area contributed by atoms with Crippen LogP contribution in [0.1, 0.15) is 40.5 Å². The number of esters is 1. The Bertz CT molecular complexity index is 373. The molecule has 1 heterocycles. The van der Waals surface area contributed by atoms with Gasteiger partial charge in [0.1, 0.15) is 10.2 Å². The molecule has 102 valence electrons. The van der Waals surface area contributed by atoms with Crippen LogP contribution in [-0.4, -0.2) is 27.1 Å². The molecule has 0 aliphatic carbocycles. The lowest BCUT2D eigenvalue weighted by molar-refractivity contribution is -0.145. The maximum Gasteiger partial charge on any atom is 0.323 e. The Kier molecular flexibility index (Phi) is 5.22. The molecular weight excluding hydrogens is 266 g/mol. The van der Waals surface area contributed by atoms with Gasteiger partial charge in [0.25, 0.3) is 0 Å². The summed E-state index contributed by atoms with van der Waals surface area (Å²) in [6.45, 7) is 7.89. The number of carbonyl (C=O) groups is 1. The molecular formula is C13H21NO2S2. The molecule has 0 aromatic heterocycles. The molecule has 0 aromatic carbocycles. The van der Waals surface area contributed by atoms with Gasteiger partial charge in [-0.25, -0.2) is 0 Å². The lowest BCUT2D eigenvalue weighted by Crippen LogP contribution is -2.31. The quantitative estimate of drug-likeness (QED) is 0.622. The van der Waals surface area contributed by atoms with Gasteiger partial charge in [-0.1, -0.05) is 32.1 Å². The van der Waals surface area contributed by atoms with Crippen LogP contribution in [0.2, 0.25) is 0 Å². The summed E-state index contributed by atoms with van der Waals surface area (Å²) >= 11 is 6.72. The highest BCUT2D eigenvalue weighted by Crippen LogP contribution is 2.48. The summed E-state index contributed by atoms with van der Waals surface area (Å²) in [6, 6.07) is 0. The van der Waals surface area contributed by atoms with Crippen molar-refractivity contribution < 1.29 is 9.53 Å². The Balaban J connectivity index is 2.96. The van der Waals surface area contributed by atoms with E-state index in [1.165, 1.54) is 0 Å². The second kappa shape index (κ2) is 6.06. The zero-order valence-electron chi connectivity index (χ0n) is 11.4. The van der Waals surface area contributed by atoms with E-state index >= 15 is 0 Å². The van der Waals surface area contributed by atoms with Crippen LogP contribution in [0.15, 0.2) is 11.6 Å². The molecule has 2 N–H and O–H groups in total. The maximum atomic E-state index is 12.0. The average molecular weight is 287 g/mol. The summed E-state index contributed by atoms with van der Waals surface area (Å²) in [6.07, 6.45) is 3.59. The number of nitrogens with two attached hydrogens (primary N) is 1. The minimum atomic E-state index is -0.288. The van der Waals surface area contributed by atoms with Crippen LogP contribution in [0.5, 0.6) is 0 Å². The van der Waals surface area contributed by atoms with Crippen molar-refractivity contribution in [2.24, 2.45) is 5.73 Å². The zero-order valence-corrected chi connectivity index (χ0v) is 13.0. The van der Waals surface area contributed by atoms with Crippen LogP contribution < -0.4 is 5.73 Å². The first-order chi connectivity index (χ1) is 8.36. The molecule has 0 saturated carbocycles. The van der Waals surface area contributed by atoms with Crippen molar-refractivity contribution in [3.8, 4) is 0 Å². The van der Waals surface area contributed by atoms with Gasteiger partial charge in [0, 0.05) is 10.3 Å². The fraction of sp³-hybridized carbons (Fsp3) is 0.692. The van der Waals surface area contributed by atoms with Crippen LogP contribution in [0, 0.1) is 0 Å². The molecule has 1 aliphatic heterocycles. The van der Waals surface area contributed by atoms with Crippen molar-refractivity contribution in [2.75, 3.05) is 0 Å². The number of hydrogen-bond acceptors (Lipinski definition) is 4. The standard InChI is InChI=1S/C13H21NO2S2/c1-5-13(6-2)9(11(14)17)7-10(18-13)12(15)16-8(3)4/h7-8,10H,5-6H2,1-4H3,(H2,14,17). The maximum absolute atomic E-state index is 12.0. The topological polar surface area (TPSA) is 52.3 Å². The van der Waals surface area contributed by atoms with E-state index in [1.807, 2.05) is 19.9 Å². The van der Waals surface area contributed by atoms with Gasteiger partial charge in [0.05, 0.1) is 6.10 Å². The number of thiocarbonyl (C=S) groups is 1. The number of hydrogen-bond donors (Lipinski definition) is 1. The van der Waals surface area contributed by atoms with Gasteiger partial charge < -0.3 is 10.5 Å². The summed E-state index contributed by atoms with van der Waals surface area (Å²) in [5.74, 6) is -0.201. The fourth-order valence-corrected chi connectivity index (χ4v) is 3.97. The van der Waals surface area contributed by atoms with Gasteiger partial charge >= 0.3 is 5.97 Å². The largest absolute Gasteiger partial charge is 0.462 e. The Morgan fingerprint density at radius 1 is 1.56 bits per heavy atom. The second-order valence-electron chi connectivity index (χ2n) is 4.67. The fourth-order valence-electron chi connectivity index (χ4n) is 2.16. The van der Waals surface area contributed by atoms with E-state index < -0.39 is 0 Å². The number of rotatable bonds is 5. The molecule has 18 heavy (non-hydrogen) atoms. The number of thioether (sulfide) groups is 1. The normalized spacial score (nSPS) is 21.8. The predicted octanol–water partition coefficient (Wildman–Crippen LogP) is 2.82. The number of ether oxygens (including phenoxy) is 1. The van der Waals surface area contributed by atoms with E-state index in [1.54, 1.807) is 11.8 Å². The monoisotopic (exact) mass is 287 g/mol. The van der Waals surface area contributed by atoms with Crippen molar-refractivity contribution in [3.63, 3.8) is 0 Å². The minimum absolute atomic E-state index is 0.0990. The Morgan fingerprint density at radius 3 is 2.44 bits per heavy atom. The molecule has 0 saturated heterocycles. The van der Waals surface area contributed by atoms with Crippen LogP contribution in [0.4, 0.5) is 0 Å². The molecule has 5 heteroatoms. The van der Waals surface area contributed by atoms with Gasteiger partial charge in [-0.2, -0.15) is 0 Å². The van der Waals surface area contributed by atoms with Crippen molar-refractivity contribution in [3.05, 3.63) is 11.6 Å². The molecule has 0 fully saturated rings. The smallest absolute Gasteiger partial charge is 0.323 e. The third-order valence-corrected chi connectivity index (χ3v) is 5.20. The summed E-state index contributed by atoms with van der Waals surface area (Å²) in [7, 11) is 0. The van der Waals surface area contributed by atoms with Crippen molar-refractivity contribution in [2.45, 2.75) is 56.6 Å². The molecule has 0 aromatic rings. The first kappa shape index (κ1) is 15.5. The van der Waals surface area contributed by atoms with Gasteiger partial charge in [0.15, 0.2) is 0 Å². The zero-order chi connectivity index (χ0) is 13.9. The highest BCUT2D eigenvalue weighted by molar-refractivity contribution is 8.02. The van der Waals surface area contributed by atoms with Gasteiger partial charge in [-0.15, -0.1) is 11.8 Å². The molecule has 0 spiro atoms. The molecule has 3 nitrogen and oxygen atoms in total. The van der Waals surface area contributed by atoms with Crippen LogP contribution in [0.25, 0.3) is 0 Å². The van der Waals surface area contributed by atoms with E-state index in [4.69, 9.17) is 22.7 Å². The number of carbonyl (C=O) groups excluding carboxylic acids is 1. The summed E-state index contributed by atoms with van der Waals surface area (Å²) in [5, 5.41) is -0.288. The van der Waals surface area contributed by atoms with E-state index in [2.05, 4.69) is 13.8 Å². The first-order valence-electron chi connectivity index (χ1n) is 6.26. The van der Waals surface area contributed by atoms with Gasteiger partial charge in [0.2, 0.25) is 0 Å². The van der Waals surface area contributed by atoms with E-state index in [9.17, 15) is 4.79 Å².